The van der Waals surface area contributed by atoms with Gasteiger partial charge in [0.1, 0.15) is 5.58 Å². The Morgan fingerprint density at radius 2 is 2.18 bits per heavy atom. The summed E-state index contributed by atoms with van der Waals surface area (Å²) in [5, 5.41) is 4.12. The van der Waals surface area contributed by atoms with E-state index in [4.69, 9.17) is 4.42 Å². The summed E-state index contributed by atoms with van der Waals surface area (Å²) in [6.07, 6.45) is 0. The molecule has 0 bridgehead atoms. The smallest absolute Gasteiger partial charge is 0.289 e. The Hall–Kier alpha value is -1.81. The van der Waals surface area contributed by atoms with Crippen molar-refractivity contribution in [1.82, 2.24) is 10.2 Å². The minimum atomic E-state index is -0.0484. The average molecular weight is 230 g/mol. The number of hydrogen-bond donors (Lipinski definition) is 1. The largest absolute Gasteiger partial charge is 0.451 e. The van der Waals surface area contributed by atoms with Gasteiger partial charge in [0.15, 0.2) is 5.76 Å². The van der Waals surface area contributed by atoms with E-state index in [1.165, 1.54) is 0 Å². The van der Waals surface area contributed by atoms with Crippen molar-refractivity contribution >= 4 is 16.9 Å². The molecule has 2 heterocycles. The number of benzene rings is 1. The van der Waals surface area contributed by atoms with Gasteiger partial charge in [0.05, 0.1) is 6.04 Å². The second-order valence-electron chi connectivity index (χ2n) is 4.38. The lowest BCUT2D eigenvalue weighted by atomic mass is 10.1. The third kappa shape index (κ3) is 1.70. The van der Waals surface area contributed by atoms with Crippen LogP contribution in [-0.2, 0) is 0 Å². The van der Waals surface area contributed by atoms with Crippen molar-refractivity contribution in [2.75, 3.05) is 20.1 Å². The van der Waals surface area contributed by atoms with Crippen molar-refractivity contribution in [3.05, 3.63) is 36.1 Å². The zero-order valence-electron chi connectivity index (χ0n) is 9.64. The lowest BCUT2D eigenvalue weighted by molar-refractivity contribution is 0.0651. The molecule has 17 heavy (non-hydrogen) atoms. The Labute approximate surface area is 99.2 Å². The minimum absolute atomic E-state index is 0.0484. The van der Waals surface area contributed by atoms with Crippen molar-refractivity contribution in [3.63, 3.8) is 0 Å². The molecule has 4 nitrogen and oxygen atoms in total. The van der Waals surface area contributed by atoms with Gasteiger partial charge < -0.3 is 14.6 Å². The Bertz CT molecular complexity index is 524. The molecule has 1 aliphatic heterocycles. The Morgan fingerprint density at radius 1 is 1.41 bits per heavy atom. The monoisotopic (exact) mass is 230 g/mol. The number of likely N-dealkylation sites (N-methyl/N-ethyl adjacent to an activating group) is 1. The first-order valence-electron chi connectivity index (χ1n) is 5.72. The fourth-order valence-electron chi connectivity index (χ4n) is 1.97. The molecule has 1 N–H and O–H groups in total. The third-order valence-corrected chi connectivity index (χ3v) is 3.26. The van der Waals surface area contributed by atoms with Gasteiger partial charge in [0.2, 0.25) is 0 Å². The van der Waals surface area contributed by atoms with Crippen molar-refractivity contribution in [1.29, 1.82) is 0 Å². The van der Waals surface area contributed by atoms with Gasteiger partial charge in [-0.2, -0.15) is 0 Å². The van der Waals surface area contributed by atoms with Gasteiger partial charge in [0, 0.05) is 25.5 Å². The highest BCUT2D eigenvalue weighted by atomic mass is 16.3. The molecule has 0 spiro atoms. The van der Waals surface area contributed by atoms with Crippen LogP contribution >= 0.6 is 0 Å². The van der Waals surface area contributed by atoms with Crippen molar-refractivity contribution < 1.29 is 9.21 Å². The zero-order valence-corrected chi connectivity index (χ0v) is 9.64. The Kier molecular flexibility index (Phi) is 2.37. The molecule has 1 aliphatic rings. The van der Waals surface area contributed by atoms with Gasteiger partial charge in [-0.15, -0.1) is 0 Å². The van der Waals surface area contributed by atoms with Crippen LogP contribution in [0, 0.1) is 0 Å². The summed E-state index contributed by atoms with van der Waals surface area (Å²) in [5.74, 6) is 0.369. The highest BCUT2D eigenvalue weighted by molar-refractivity contribution is 5.96. The lowest BCUT2D eigenvalue weighted by Gasteiger charge is -2.35. The highest BCUT2D eigenvalue weighted by Gasteiger charge is 2.27. The van der Waals surface area contributed by atoms with E-state index in [9.17, 15) is 4.79 Å². The van der Waals surface area contributed by atoms with E-state index in [0.29, 0.717) is 5.76 Å². The van der Waals surface area contributed by atoms with Crippen LogP contribution in [0.2, 0.25) is 0 Å². The summed E-state index contributed by atoms with van der Waals surface area (Å²) in [5.41, 5.74) is 0.760. The number of carbonyl (C=O) groups is 1. The van der Waals surface area contributed by atoms with Gasteiger partial charge in [0.25, 0.3) is 5.91 Å². The van der Waals surface area contributed by atoms with Crippen LogP contribution in [0.15, 0.2) is 34.7 Å². The number of hydrogen-bond acceptors (Lipinski definition) is 3. The molecule has 1 saturated heterocycles. The molecule has 1 aromatic heterocycles. The average Bonchev–Trinajstić information content (AvgIpc) is 2.68. The normalized spacial score (nSPS) is 15.8. The predicted octanol–water partition coefficient (Wildman–Crippen LogP) is 1.48. The number of furan rings is 1. The second kappa shape index (κ2) is 3.89. The first kappa shape index (κ1) is 10.4. The van der Waals surface area contributed by atoms with Gasteiger partial charge in [-0.1, -0.05) is 18.2 Å². The van der Waals surface area contributed by atoms with Crippen molar-refractivity contribution in [3.8, 4) is 0 Å². The maximum Gasteiger partial charge on any atom is 0.289 e. The van der Waals surface area contributed by atoms with Crippen LogP contribution in [0.1, 0.15) is 10.6 Å². The quantitative estimate of drug-likeness (QED) is 0.850. The van der Waals surface area contributed by atoms with Crippen LogP contribution in [0.3, 0.4) is 0 Å². The standard InChI is InChI=1S/C13H14N2O2/c1-15(10-7-14-8-10)13(16)12-6-9-4-2-3-5-11(9)17-12/h2-6,10,14H,7-8H2,1H3. The van der Waals surface area contributed by atoms with Gasteiger partial charge >= 0.3 is 0 Å². The van der Waals surface area contributed by atoms with Crippen molar-refractivity contribution in [2.24, 2.45) is 0 Å². The molecule has 1 aromatic carbocycles. The van der Waals surface area contributed by atoms with E-state index in [2.05, 4.69) is 5.32 Å². The fraction of sp³-hybridized carbons (Fsp3) is 0.308. The third-order valence-electron chi connectivity index (χ3n) is 3.26. The van der Waals surface area contributed by atoms with Crippen LogP contribution in [0.5, 0.6) is 0 Å². The molecule has 2 aromatic rings. The Morgan fingerprint density at radius 3 is 2.82 bits per heavy atom. The summed E-state index contributed by atoms with van der Waals surface area (Å²) >= 11 is 0. The van der Waals surface area contributed by atoms with Crippen LogP contribution in [0.4, 0.5) is 0 Å². The minimum Gasteiger partial charge on any atom is -0.451 e. The molecule has 0 saturated carbocycles. The predicted molar refractivity (Wildman–Crippen MR) is 65.0 cm³/mol. The lowest BCUT2D eigenvalue weighted by Crippen LogP contribution is -2.57. The summed E-state index contributed by atoms with van der Waals surface area (Å²) in [7, 11) is 1.82. The van der Waals surface area contributed by atoms with Crippen LogP contribution < -0.4 is 5.32 Å². The fourth-order valence-corrected chi connectivity index (χ4v) is 1.97. The second-order valence-corrected chi connectivity index (χ2v) is 4.38. The molecule has 1 fully saturated rings. The van der Waals surface area contributed by atoms with E-state index < -0.39 is 0 Å². The molecule has 0 aliphatic carbocycles. The summed E-state index contributed by atoms with van der Waals surface area (Å²) < 4.78 is 5.56. The maximum absolute atomic E-state index is 12.2. The van der Waals surface area contributed by atoms with Crippen LogP contribution in [-0.4, -0.2) is 37.0 Å². The highest BCUT2D eigenvalue weighted by Crippen LogP contribution is 2.20. The van der Waals surface area contributed by atoms with E-state index >= 15 is 0 Å². The number of amides is 1. The number of para-hydroxylation sites is 1. The van der Waals surface area contributed by atoms with E-state index in [1.54, 1.807) is 11.0 Å². The van der Waals surface area contributed by atoms with Gasteiger partial charge in [-0.25, -0.2) is 0 Å². The molecule has 0 atom stereocenters. The number of rotatable bonds is 2. The molecular weight excluding hydrogens is 216 g/mol. The number of nitrogens with one attached hydrogen (secondary N) is 1. The summed E-state index contributed by atoms with van der Waals surface area (Å²) in [6.45, 7) is 1.73. The van der Waals surface area contributed by atoms with Gasteiger partial charge in [-0.05, 0) is 12.1 Å². The molecule has 0 unspecified atom stereocenters. The Balaban J connectivity index is 1.89. The molecular formula is C13H14N2O2. The molecule has 0 radical (unpaired) electrons. The summed E-state index contributed by atoms with van der Waals surface area (Å²) in [4.78, 5) is 13.9. The van der Waals surface area contributed by atoms with E-state index in [1.807, 2.05) is 31.3 Å². The van der Waals surface area contributed by atoms with E-state index in [-0.39, 0.29) is 11.9 Å². The summed E-state index contributed by atoms with van der Waals surface area (Å²) in [6, 6.07) is 9.75. The zero-order chi connectivity index (χ0) is 11.8. The van der Waals surface area contributed by atoms with Crippen molar-refractivity contribution in [2.45, 2.75) is 6.04 Å². The maximum atomic E-state index is 12.2. The number of fused-ring (bicyclic) bond motifs is 1. The SMILES string of the molecule is CN(C(=O)c1cc2ccccc2o1)C1CNC1. The topological polar surface area (TPSA) is 45.5 Å². The first-order valence-corrected chi connectivity index (χ1v) is 5.72. The van der Waals surface area contributed by atoms with Gasteiger partial charge in [-0.3, -0.25) is 4.79 Å². The number of carbonyl (C=O) groups excluding carboxylic acids is 1. The van der Waals surface area contributed by atoms with Crippen LogP contribution in [0.25, 0.3) is 11.0 Å². The molecule has 4 heteroatoms. The molecule has 1 amide bonds. The molecule has 3 rings (SSSR count). The van der Waals surface area contributed by atoms with E-state index in [0.717, 1.165) is 24.1 Å². The first-order chi connectivity index (χ1) is 8.25. The molecule has 88 valence electrons. The number of nitrogens with zero attached hydrogens (tertiary/aromatic N) is 1.